The molecule has 0 amide bonds. The second-order valence-electron chi connectivity index (χ2n) is 5.56. The summed E-state index contributed by atoms with van der Waals surface area (Å²) in [6.07, 6.45) is -1.02. The normalized spacial score (nSPS) is 15.3. The van der Waals surface area contributed by atoms with Crippen LogP contribution in [0.4, 0.5) is 9.59 Å². The zero-order valence-electron chi connectivity index (χ0n) is 13.4. The van der Waals surface area contributed by atoms with Crippen molar-refractivity contribution in [1.82, 2.24) is 0 Å². The van der Waals surface area contributed by atoms with Crippen molar-refractivity contribution in [3.63, 3.8) is 0 Å². The second kappa shape index (κ2) is 6.32. The molecule has 0 aliphatic heterocycles. The molecule has 2 rings (SSSR count). The fourth-order valence-corrected chi connectivity index (χ4v) is 3.21. The first-order valence-corrected chi connectivity index (χ1v) is 7.48. The Labute approximate surface area is 134 Å². The zero-order chi connectivity index (χ0) is 17.2. The standard InChI is InChI=1S/C17H20O6/c1-4-5-8-12-11(3)14-10(2)7-6-9-13(14)17(12,22-15(18)19)23-16(20)21/h6-7,9H,4-5,8H2,1-3H3,(H,18,19)(H,20,21). The molecule has 124 valence electrons. The lowest BCUT2D eigenvalue weighted by molar-refractivity contribution is -0.163. The van der Waals surface area contributed by atoms with Crippen molar-refractivity contribution < 1.29 is 29.3 Å². The molecule has 23 heavy (non-hydrogen) atoms. The topological polar surface area (TPSA) is 93.1 Å². The Morgan fingerprint density at radius 3 is 2.26 bits per heavy atom. The van der Waals surface area contributed by atoms with Gasteiger partial charge in [-0.25, -0.2) is 9.59 Å². The quantitative estimate of drug-likeness (QED) is 0.612. The van der Waals surface area contributed by atoms with Crippen LogP contribution in [0.1, 0.15) is 49.8 Å². The Hall–Kier alpha value is -2.50. The summed E-state index contributed by atoms with van der Waals surface area (Å²) in [5, 5.41) is 18.3. The van der Waals surface area contributed by atoms with Gasteiger partial charge in [-0.1, -0.05) is 31.5 Å². The van der Waals surface area contributed by atoms with Crippen LogP contribution in [0.3, 0.4) is 0 Å². The van der Waals surface area contributed by atoms with Gasteiger partial charge in [0.2, 0.25) is 0 Å². The number of rotatable bonds is 5. The first-order chi connectivity index (χ1) is 10.8. The van der Waals surface area contributed by atoms with Gasteiger partial charge in [-0.15, -0.1) is 0 Å². The monoisotopic (exact) mass is 320 g/mol. The van der Waals surface area contributed by atoms with Gasteiger partial charge in [-0.05, 0) is 43.4 Å². The van der Waals surface area contributed by atoms with E-state index in [0.717, 1.165) is 29.5 Å². The van der Waals surface area contributed by atoms with Gasteiger partial charge in [-0.3, -0.25) is 0 Å². The molecule has 0 bridgehead atoms. The Balaban J connectivity index is 2.70. The number of hydrogen-bond donors (Lipinski definition) is 2. The van der Waals surface area contributed by atoms with Gasteiger partial charge in [0.25, 0.3) is 0 Å². The summed E-state index contributed by atoms with van der Waals surface area (Å²) in [4.78, 5) is 22.5. The predicted octanol–water partition coefficient (Wildman–Crippen LogP) is 4.51. The minimum atomic E-state index is -1.92. The summed E-state index contributed by atoms with van der Waals surface area (Å²) in [5.41, 5.74) is 3.49. The molecule has 0 saturated carbocycles. The number of carbonyl (C=O) groups is 2. The molecule has 0 heterocycles. The number of fused-ring (bicyclic) bond motifs is 1. The van der Waals surface area contributed by atoms with Crippen LogP contribution in [0.15, 0.2) is 23.8 Å². The van der Waals surface area contributed by atoms with E-state index in [9.17, 15) is 9.59 Å². The number of aryl methyl sites for hydroxylation is 1. The highest BCUT2D eigenvalue weighted by Gasteiger charge is 2.51. The van der Waals surface area contributed by atoms with Gasteiger partial charge in [0, 0.05) is 11.1 Å². The van der Waals surface area contributed by atoms with Crippen molar-refractivity contribution in [3.05, 3.63) is 40.5 Å². The Kier molecular flexibility index (Phi) is 4.63. The molecule has 2 N–H and O–H groups in total. The van der Waals surface area contributed by atoms with E-state index in [-0.39, 0.29) is 0 Å². The van der Waals surface area contributed by atoms with E-state index in [0.29, 0.717) is 17.6 Å². The molecule has 6 nitrogen and oxygen atoms in total. The van der Waals surface area contributed by atoms with E-state index in [1.54, 1.807) is 12.1 Å². The van der Waals surface area contributed by atoms with E-state index < -0.39 is 18.1 Å². The van der Waals surface area contributed by atoms with Crippen LogP contribution in [-0.4, -0.2) is 22.5 Å². The van der Waals surface area contributed by atoms with Crippen LogP contribution in [0, 0.1) is 6.92 Å². The molecule has 1 aliphatic rings. The minimum Gasteiger partial charge on any atom is -0.450 e. The highest BCUT2D eigenvalue weighted by Crippen LogP contribution is 2.51. The summed E-state index contributed by atoms with van der Waals surface area (Å²) in [6.45, 7) is 5.73. The maximum Gasteiger partial charge on any atom is 0.509 e. The zero-order valence-corrected chi connectivity index (χ0v) is 13.4. The van der Waals surface area contributed by atoms with Crippen molar-refractivity contribution in [1.29, 1.82) is 0 Å². The summed E-state index contributed by atoms with van der Waals surface area (Å²) < 4.78 is 10.1. The van der Waals surface area contributed by atoms with Gasteiger partial charge in [0.15, 0.2) is 0 Å². The summed E-state index contributed by atoms with van der Waals surface area (Å²) >= 11 is 0. The number of carboxylic acid groups (broad SMARTS) is 2. The van der Waals surface area contributed by atoms with Crippen LogP contribution < -0.4 is 0 Å². The third-order valence-electron chi connectivity index (χ3n) is 4.09. The number of unbranched alkanes of at least 4 members (excludes halogenated alkanes) is 1. The highest BCUT2D eigenvalue weighted by atomic mass is 16.8. The van der Waals surface area contributed by atoms with Gasteiger partial charge in [0.05, 0.1) is 0 Å². The summed E-state index contributed by atoms with van der Waals surface area (Å²) in [5.74, 6) is -1.92. The first-order valence-electron chi connectivity index (χ1n) is 7.48. The van der Waals surface area contributed by atoms with Gasteiger partial charge in [0.1, 0.15) is 0 Å². The van der Waals surface area contributed by atoms with Crippen molar-refractivity contribution in [3.8, 4) is 0 Å². The van der Waals surface area contributed by atoms with Gasteiger partial charge < -0.3 is 19.7 Å². The van der Waals surface area contributed by atoms with Crippen LogP contribution in [0.5, 0.6) is 0 Å². The SMILES string of the molecule is CCCCC1=C(C)c2c(C)cccc2C1(OC(=O)O)OC(=O)O. The molecule has 0 fully saturated rings. The Morgan fingerprint density at radius 1 is 1.13 bits per heavy atom. The van der Waals surface area contributed by atoms with E-state index >= 15 is 0 Å². The number of benzene rings is 1. The Morgan fingerprint density at radius 2 is 1.74 bits per heavy atom. The van der Waals surface area contributed by atoms with E-state index in [1.807, 2.05) is 26.8 Å². The van der Waals surface area contributed by atoms with Crippen LogP contribution in [0.25, 0.3) is 5.57 Å². The van der Waals surface area contributed by atoms with Crippen molar-refractivity contribution >= 4 is 17.9 Å². The molecule has 6 heteroatoms. The molecule has 1 aliphatic carbocycles. The molecule has 0 radical (unpaired) electrons. The van der Waals surface area contributed by atoms with E-state index in [4.69, 9.17) is 19.7 Å². The molecule has 0 unspecified atom stereocenters. The van der Waals surface area contributed by atoms with Gasteiger partial charge in [-0.2, -0.15) is 0 Å². The third-order valence-corrected chi connectivity index (χ3v) is 4.09. The van der Waals surface area contributed by atoms with Crippen molar-refractivity contribution in [2.24, 2.45) is 0 Å². The molecule has 0 atom stereocenters. The maximum absolute atomic E-state index is 11.2. The smallest absolute Gasteiger partial charge is 0.450 e. The third kappa shape index (κ3) is 2.88. The lowest BCUT2D eigenvalue weighted by Crippen LogP contribution is -2.37. The van der Waals surface area contributed by atoms with Gasteiger partial charge >= 0.3 is 18.1 Å². The number of ether oxygens (including phenoxy) is 2. The lowest BCUT2D eigenvalue weighted by atomic mass is 9.97. The maximum atomic E-state index is 11.2. The fraction of sp³-hybridized carbons (Fsp3) is 0.412. The average molecular weight is 320 g/mol. The number of hydrogen-bond acceptors (Lipinski definition) is 4. The highest BCUT2D eigenvalue weighted by molar-refractivity contribution is 5.81. The molecule has 0 aromatic heterocycles. The summed E-state index contributed by atoms with van der Waals surface area (Å²) in [6, 6.07) is 5.27. The molecular formula is C17H20O6. The second-order valence-corrected chi connectivity index (χ2v) is 5.56. The molecule has 1 aromatic carbocycles. The first kappa shape index (κ1) is 16.9. The minimum absolute atomic E-state index is 0.422. The van der Waals surface area contributed by atoms with Crippen LogP contribution in [-0.2, 0) is 15.3 Å². The van der Waals surface area contributed by atoms with Crippen molar-refractivity contribution in [2.45, 2.75) is 45.8 Å². The Bertz CT molecular complexity index is 658. The van der Waals surface area contributed by atoms with E-state index in [1.165, 1.54) is 0 Å². The van der Waals surface area contributed by atoms with Crippen molar-refractivity contribution in [2.75, 3.05) is 0 Å². The largest absolute Gasteiger partial charge is 0.509 e. The van der Waals surface area contributed by atoms with Crippen LogP contribution in [0.2, 0.25) is 0 Å². The van der Waals surface area contributed by atoms with E-state index in [2.05, 4.69) is 0 Å². The average Bonchev–Trinajstić information content (AvgIpc) is 2.66. The summed E-state index contributed by atoms with van der Waals surface area (Å²) in [7, 11) is 0. The molecular weight excluding hydrogens is 300 g/mol. The molecule has 1 aromatic rings. The molecule has 0 spiro atoms. The predicted molar refractivity (Wildman–Crippen MR) is 83.2 cm³/mol. The number of allylic oxidation sites excluding steroid dienone is 1. The fourth-order valence-electron chi connectivity index (χ4n) is 3.21. The van der Waals surface area contributed by atoms with Crippen LogP contribution >= 0.6 is 0 Å². The molecule has 0 saturated heterocycles. The lowest BCUT2D eigenvalue weighted by Gasteiger charge is -2.30.